The van der Waals surface area contributed by atoms with Crippen LogP contribution in [-0.2, 0) is 23.8 Å². The third-order valence-corrected chi connectivity index (χ3v) is 13.3. The first-order valence-corrected chi connectivity index (χ1v) is 28.8. The average molecular weight is 1000 g/mol. The van der Waals surface area contributed by atoms with Gasteiger partial charge in [-0.1, -0.05) is 254 Å². The number of hydrogen-bond donors (Lipinski definition) is 6. The van der Waals surface area contributed by atoms with Gasteiger partial charge in [0.15, 0.2) is 12.4 Å². The van der Waals surface area contributed by atoms with Gasteiger partial charge in [0, 0.05) is 6.42 Å². The minimum absolute atomic E-state index is 0.119. The molecule has 1 heterocycles. The summed E-state index contributed by atoms with van der Waals surface area (Å²) >= 11 is 0. The number of carbonyl (C=O) groups is 2. The first kappa shape index (κ1) is 66.1. The lowest BCUT2D eigenvalue weighted by atomic mass is 9.99. The molecule has 0 aromatic carbocycles. The summed E-state index contributed by atoms with van der Waals surface area (Å²) in [6, 6.07) is -1.05. The number of unbranched alkanes of at least 4 members (excludes halogenated alkanes) is 27. The molecule has 1 aliphatic heterocycles. The maximum Gasteiger partial charge on any atom is 0.306 e. The van der Waals surface area contributed by atoms with Crippen molar-refractivity contribution in [1.29, 1.82) is 0 Å². The number of amides is 1. The van der Waals surface area contributed by atoms with E-state index in [-0.39, 0.29) is 19.4 Å². The first-order chi connectivity index (χ1) is 34.7. The molecule has 1 saturated heterocycles. The van der Waals surface area contributed by atoms with Crippen LogP contribution in [0.4, 0.5) is 0 Å². The van der Waals surface area contributed by atoms with Crippen molar-refractivity contribution in [2.45, 2.75) is 282 Å². The van der Waals surface area contributed by atoms with Crippen LogP contribution in [0.5, 0.6) is 0 Å². The minimum Gasteiger partial charge on any atom is -0.454 e. The lowest BCUT2D eigenvalue weighted by Gasteiger charge is -2.41. The second kappa shape index (κ2) is 48.1. The van der Waals surface area contributed by atoms with Crippen LogP contribution in [0.3, 0.4) is 0 Å². The molecule has 1 fully saturated rings. The summed E-state index contributed by atoms with van der Waals surface area (Å²) in [6.07, 6.45) is 49.5. The van der Waals surface area contributed by atoms with E-state index < -0.39 is 67.4 Å². The van der Waals surface area contributed by atoms with Crippen LogP contribution >= 0.6 is 0 Å². The summed E-state index contributed by atoms with van der Waals surface area (Å²) in [4.78, 5) is 26.4. The van der Waals surface area contributed by atoms with Crippen LogP contribution in [0.25, 0.3) is 0 Å². The highest BCUT2D eigenvalue weighted by Gasteiger charge is 2.47. The number of esters is 1. The summed E-state index contributed by atoms with van der Waals surface area (Å²) in [5.41, 5.74) is 0. The first-order valence-electron chi connectivity index (χ1n) is 28.8. The second-order valence-corrected chi connectivity index (χ2v) is 19.8. The van der Waals surface area contributed by atoms with Crippen LogP contribution < -0.4 is 5.32 Å². The molecule has 410 valence electrons. The van der Waals surface area contributed by atoms with Crippen molar-refractivity contribution < 1.29 is 49.3 Å². The fourth-order valence-corrected chi connectivity index (χ4v) is 8.67. The van der Waals surface area contributed by atoms with Crippen LogP contribution in [0, 0.1) is 0 Å². The lowest BCUT2D eigenvalue weighted by molar-refractivity contribution is -0.305. The Balaban J connectivity index is 2.74. The molecule has 8 unspecified atom stereocenters. The number of rotatable bonds is 47. The van der Waals surface area contributed by atoms with Gasteiger partial charge in [0.25, 0.3) is 0 Å². The van der Waals surface area contributed by atoms with E-state index >= 15 is 0 Å². The Morgan fingerprint density at radius 3 is 1.52 bits per heavy atom. The molecule has 11 nitrogen and oxygen atoms in total. The van der Waals surface area contributed by atoms with Gasteiger partial charge in [0.05, 0.1) is 25.4 Å². The Morgan fingerprint density at radius 1 is 0.563 bits per heavy atom. The van der Waals surface area contributed by atoms with Gasteiger partial charge in [-0.3, -0.25) is 9.59 Å². The monoisotopic (exact) mass is 1000 g/mol. The molecule has 1 aliphatic rings. The van der Waals surface area contributed by atoms with E-state index in [1.165, 1.54) is 122 Å². The van der Waals surface area contributed by atoms with Crippen molar-refractivity contribution in [3.63, 3.8) is 0 Å². The number of aliphatic hydroxyl groups is 5. The van der Waals surface area contributed by atoms with E-state index in [2.05, 4.69) is 32.2 Å². The van der Waals surface area contributed by atoms with Crippen LogP contribution in [-0.4, -0.2) is 99.6 Å². The van der Waals surface area contributed by atoms with E-state index in [4.69, 9.17) is 14.2 Å². The fraction of sp³-hybridized carbons (Fsp3) is 0.767. The Hall–Kier alpha value is -2.90. The number of allylic oxidation sites excluding steroid dienone is 11. The van der Waals surface area contributed by atoms with E-state index in [1.807, 2.05) is 60.8 Å². The molecule has 71 heavy (non-hydrogen) atoms. The average Bonchev–Trinajstić information content (AvgIpc) is 3.37. The zero-order chi connectivity index (χ0) is 51.8. The van der Waals surface area contributed by atoms with Crippen molar-refractivity contribution in [2.75, 3.05) is 13.2 Å². The Bertz CT molecular complexity index is 1430. The molecule has 0 saturated carbocycles. The normalized spacial score (nSPS) is 20.1. The molecule has 6 N–H and O–H groups in total. The highest BCUT2D eigenvalue weighted by molar-refractivity contribution is 5.80. The Kier molecular flexibility index (Phi) is 44.8. The fourth-order valence-electron chi connectivity index (χ4n) is 8.67. The summed E-state index contributed by atoms with van der Waals surface area (Å²) in [7, 11) is 0. The molecule has 1 rings (SSSR count). The van der Waals surface area contributed by atoms with Gasteiger partial charge in [-0.25, -0.2) is 0 Å². The zero-order valence-electron chi connectivity index (χ0n) is 45.1. The van der Waals surface area contributed by atoms with Crippen molar-refractivity contribution >= 4 is 11.9 Å². The number of ether oxygens (including phenoxy) is 3. The Morgan fingerprint density at radius 2 is 1.01 bits per heavy atom. The molecule has 1 amide bonds. The maximum atomic E-state index is 13.3. The standard InChI is InChI=1S/C60H105NO10/c1-4-7-10-13-16-19-22-24-26-27-28-30-33-36-39-42-45-48-55(65)71-58-57(67)56(66)54(49-62)70-60(58)69-50-51(52(63)46-43-40-37-34-31-21-18-15-12-9-6-3)61-59(68)53(64)47-44-41-38-35-32-29-25-23-20-17-14-11-8-5-2/h8,11,14,17,20,23,25,29,32,35,43,46,51-54,56-58,60,62-64,66-67H,4-7,9-10,12-13,15-16,18-19,21-22,24,26-28,30-31,33-34,36-42,44-45,47-50H2,1-3H3,(H,61,68)/b11-8+,17-14+,23-20-,29-25-,35-32+,46-43+. The van der Waals surface area contributed by atoms with Crippen molar-refractivity contribution in [3.8, 4) is 0 Å². The number of carbonyl (C=O) groups excluding carboxylic acids is 2. The highest BCUT2D eigenvalue weighted by atomic mass is 16.7. The van der Waals surface area contributed by atoms with Gasteiger partial charge in [0.2, 0.25) is 5.91 Å². The van der Waals surface area contributed by atoms with Crippen LogP contribution in [0.2, 0.25) is 0 Å². The molecular formula is C60H105NO10. The zero-order valence-corrected chi connectivity index (χ0v) is 45.1. The molecule has 0 aromatic rings. The molecule has 0 spiro atoms. The molecule has 0 bridgehead atoms. The predicted molar refractivity (Wildman–Crippen MR) is 292 cm³/mol. The van der Waals surface area contributed by atoms with E-state index in [0.717, 1.165) is 64.2 Å². The van der Waals surface area contributed by atoms with E-state index in [0.29, 0.717) is 12.8 Å². The SMILES string of the molecule is CC/C=C/C=C/C=C\C=C/C=C/CCCCC(O)C(=O)NC(COC1OC(CO)C(O)C(O)C1OC(=O)CCCCCCCCCCCCCCCCCCC)C(O)/C=C/CCCCCCCCCCC. The molecular weight excluding hydrogens is 895 g/mol. The lowest BCUT2D eigenvalue weighted by Crippen LogP contribution is -2.61. The smallest absolute Gasteiger partial charge is 0.306 e. The number of aliphatic hydroxyl groups excluding tert-OH is 5. The molecule has 0 aliphatic carbocycles. The van der Waals surface area contributed by atoms with Gasteiger partial charge in [-0.2, -0.15) is 0 Å². The van der Waals surface area contributed by atoms with Gasteiger partial charge in [0.1, 0.15) is 24.4 Å². The topological polar surface area (TPSA) is 175 Å². The summed E-state index contributed by atoms with van der Waals surface area (Å²) in [5, 5.41) is 56.7. The number of nitrogens with one attached hydrogen (secondary N) is 1. The van der Waals surface area contributed by atoms with Gasteiger partial charge in [-0.05, 0) is 44.9 Å². The van der Waals surface area contributed by atoms with E-state index in [9.17, 15) is 35.1 Å². The van der Waals surface area contributed by atoms with Crippen LogP contribution in [0.1, 0.15) is 233 Å². The molecule has 0 aromatic heterocycles. The van der Waals surface area contributed by atoms with Crippen molar-refractivity contribution in [1.82, 2.24) is 5.32 Å². The Labute approximate surface area is 432 Å². The quantitative estimate of drug-likeness (QED) is 0.0149. The van der Waals surface area contributed by atoms with Crippen molar-refractivity contribution in [2.24, 2.45) is 0 Å². The third-order valence-electron chi connectivity index (χ3n) is 13.3. The highest BCUT2D eigenvalue weighted by Crippen LogP contribution is 2.26. The van der Waals surface area contributed by atoms with Gasteiger partial charge in [-0.15, -0.1) is 0 Å². The number of hydrogen-bond acceptors (Lipinski definition) is 10. The van der Waals surface area contributed by atoms with E-state index in [1.54, 1.807) is 6.08 Å². The second-order valence-electron chi connectivity index (χ2n) is 19.8. The van der Waals surface area contributed by atoms with Crippen LogP contribution in [0.15, 0.2) is 72.9 Å². The minimum atomic E-state index is -1.62. The molecule has 8 atom stereocenters. The van der Waals surface area contributed by atoms with Gasteiger partial charge >= 0.3 is 5.97 Å². The summed E-state index contributed by atoms with van der Waals surface area (Å²) < 4.78 is 17.5. The largest absolute Gasteiger partial charge is 0.454 e. The third kappa shape index (κ3) is 36.6. The summed E-state index contributed by atoms with van der Waals surface area (Å²) in [6.45, 7) is 5.60. The van der Waals surface area contributed by atoms with Crippen molar-refractivity contribution in [3.05, 3.63) is 72.9 Å². The predicted octanol–water partition coefficient (Wildman–Crippen LogP) is 12.8. The molecule has 11 heteroatoms. The van der Waals surface area contributed by atoms with Gasteiger partial charge < -0.3 is 45.1 Å². The molecule has 0 radical (unpaired) electrons. The summed E-state index contributed by atoms with van der Waals surface area (Å²) in [5.74, 6) is -1.24. The maximum absolute atomic E-state index is 13.3.